The second-order valence-corrected chi connectivity index (χ2v) is 6.73. The summed E-state index contributed by atoms with van der Waals surface area (Å²) >= 11 is 5.84. The fourth-order valence-electron chi connectivity index (χ4n) is 2.22. The second-order valence-electron chi connectivity index (χ2n) is 6.29. The lowest BCUT2D eigenvalue weighted by Gasteiger charge is -2.24. The Labute approximate surface area is 151 Å². The molecule has 132 valence electrons. The summed E-state index contributed by atoms with van der Waals surface area (Å²) in [7, 11) is 0. The van der Waals surface area contributed by atoms with Crippen molar-refractivity contribution in [2.24, 2.45) is 5.73 Å². The summed E-state index contributed by atoms with van der Waals surface area (Å²) in [4.78, 5) is 23.9. The first-order chi connectivity index (χ1) is 11.6. The fraction of sp³-hybridized carbons (Fsp3) is 0.263. The van der Waals surface area contributed by atoms with Crippen molar-refractivity contribution < 1.29 is 19.4 Å². The zero-order chi connectivity index (χ0) is 18.8. The van der Waals surface area contributed by atoms with E-state index in [1.165, 1.54) is 13.8 Å². The van der Waals surface area contributed by atoms with E-state index in [4.69, 9.17) is 22.1 Å². The summed E-state index contributed by atoms with van der Waals surface area (Å²) in [5, 5.41) is 9.77. The van der Waals surface area contributed by atoms with Crippen molar-refractivity contribution >= 4 is 23.4 Å². The molecule has 3 N–H and O–H groups in total. The van der Waals surface area contributed by atoms with Crippen molar-refractivity contribution in [2.75, 3.05) is 0 Å². The van der Waals surface area contributed by atoms with E-state index in [9.17, 15) is 14.7 Å². The number of hydrogen-bond acceptors (Lipinski definition) is 4. The van der Waals surface area contributed by atoms with Gasteiger partial charge in [-0.05, 0) is 63.2 Å². The highest BCUT2D eigenvalue weighted by Gasteiger charge is 2.30. The molecule has 0 radical (unpaired) electrons. The van der Waals surface area contributed by atoms with Crippen LogP contribution in [0.4, 0.5) is 0 Å². The standard InChI is InChI=1S/C19H20ClNO4/c1-11(21)15-10-13(17(22)12-4-7-14(20)8-5-12)6-9-16(15)25-19(2,3)18(23)24/h4-11H,21H2,1-3H3,(H,23,24). The van der Waals surface area contributed by atoms with Gasteiger partial charge in [-0.2, -0.15) is 0 Å². The molecule has 0 bridgehead atoms. The summed E-state index contributed by atoms with van der Waals surface area (Å²) in [6.07, 6.45) is 0. The van der Waals surface area contributed by atoms with Gasteiger partial charge in [0.2, 0.25) is 0 Å². The Morgan fingerprint density at radius 2 is 1.68 bits per heavy atom. The Morgan fingerprint density at radius 3 is 2.20 bits per heavy atom. The smallest absolute Gasteiger partial charge is 0.347 e. The van der Waals surface area contributed by atoms with E-state index in [0.717, 1.165) is 0 Å². The van der Waals surface area contributed by atoms with Gasteiger partial charge in [0.05, 0.1) is 0 Å². The zero-order valence-electron chi connectivity index (χ0n) is 14.2. The van der Waals surface area contributed by atoms with Crippen molar-refractivity contribution in [1.82, 2.24) is 0 Å². The van der Waals surface area contributed by atoms with E-state index in [0.29, 0.717) is 27.5 Å². The van der Waals surface area contributed by atoms with Gasteiger partial charge in [0.1, 0.15) is 5.75 Å². The number of aliphatic carboxylic acids is 1. The molecule has 0 saturated heterocycles. The fourth-order valence-corrected chi connectivity index (χ4v) is 2.35. The SMILES string of the molecule is CC(N)c1cc(C(=O)c2ccc(Cl)cc2)ccc1OC(C)(C)C(=O)O. The molecule has 0 saturated carbocycles. The summed E-state index contributed by atoms with van der Waals surface area (Å²) < 4.78 is 5.60. The first-order valence-electron chi connectivity index (χ1n) is 7.74. The molecular formula is C19H20ClNO4. The number of hydrogen-bond donors (Lipinski definition) is 2. The molecule has 2 aromatic rings. The Bertz CT molecular complexity index is 798. The van der Waals surface area contributed by atoms with Crippen molar-refractivity contribution in [1.29, 1.82) is 0 Å². The minimum absolute atomic E-state index is 0.178. The summed E-state index contributed by atoms with van der Waals surface area (Å²) in [6.45, 7) is 4.65. The molecule has 1 unspecified atom stereocenters. The topological polar surface area (TPSA) is 89.6 Å². The van der Waals surface area contributed by atoms with Gasteiger partial charge in [-0.1, -0.05) is 11.6 Å². The Balaban J connectivity index is 2.40. The van der Waals surface area contributed by atoms with Crippen LogP contribution in [0.3, 0.4) is 0 Å². The molecule has 0 amide bonds. The van der Waals surface area contributed by atoms with Crippen LogP contribution in [-0.2, 0) is 4.79 Å². The normalized spacial score (nSPS) is 12.5. The second kappa shape index (κ2) is 7.25. The maximum absolute atomic E-state index is 12.6. The number of carboxylic acids is 1. The molecule has 0 aliphatic carbocycles. The third-order valence-electron chi connectivity index (χ3n) is 3.75. The molecule has 0 spiro atoms. The number of carbonyl (C=O) groups is 2. The average molecular weight is 362 g/mol. The molecule has 0 fully saturated rings. The highest BCUT2D eigenvalue weighted by atomic mass is 35.5. The Morgan fingerprint density at radius 1 is 1.12 bits per heavy atom. The van der Waals surface area contributed by atoms with E-state index >= 15 is 0 Å². The van der Waals surface area contributed by atoms with Crippen molar-refractivity contribution in [3.8, 4) is 5.75 Å². The predicted octanol–water partition coefficient (Wildman–Crippen LogP) is 3.83. The van der Waals surface area contributed by atoms with Gasteiger partial charge >= 0.3 is 5.97 Å². The van der Waals surface area contributed by atoms with Crippen LogP contribution in [0, 0.1) is 0 Å². The first-order valence-corrected chi connectivity index (χ1v) is 8.12. The van der Waals surface area contributed by atoms with Crippen LogP contribution in [-0.4, -0.2) is 22.5 Å². The molecular weight excluding hydrogens is 342 g/mol. The lowest BCUT2D eigenvalue weighted by molar-refractivity contribution is -0.152. The molecule has 0 aromatic heterocycles. The van der Waals surface area contributed by atoms with Crippen LogP contribution < -0.4 is 10.5 Å². The maximum Gasteiger partial charge on any atom is 0.347 e. The molecule has 0 heterocycles. The van der Waals surface area contributed by atoms with Crippen LogP contribution in [0.25, 0.3) is 0 Å². The molecule has 0 aliphatic rings. The minimum Gasteiger partial charge on any atom is -0.478 e. The van der Waals surface area contributed by atoms with E-state index < -0.39 is 17.6 Å². The lowest BCUT2D eigenvalue weighted by Crippen LogP contribution is -2.38. The van der Waals surface area contributed by atoms with Gasteiger partial charge in [0, 0.05) is 27.8 Å². The van der Waals surface area contributed by atoms with Gasteiger partial charge in [0.15, 0.2) is 11.4 Å². The summed E-state index contributed by atoms with van der Waals surface area (Å²) in [6, 6.07) is 11.0. The quantitative estimate of drug-likeness (QED) is 0.763. The van der Waals surface area contributed by atoms with Crippen molar-refractivity contribution in [3.63, 3.8) is 0 Å². The van der Waals surface area contributed by atoms with Crippen LogP contribution in [0.2, 0.25) is 5.02 Å². The van der Waals surface area contributed by atoms with Crippen molar-refractivity contribution in [2.45, 2.75) is 32.4 Å². The summed E-state index contributed by atoms with van der Waals surface area (Å²) in [5.41, 5.74) is 6.07. The zero-order valence-corrected chi connectivity index (χ0v) is 15.0. The Kier molecular flexibility index (Phi) is 5.50. The number of carbonyl (C=O) groups excluding carboxylic acids is 1. The van der Waals surface area contributed by atoms with Gasteiger partial charge in [0.25, 0.3) is 0 Å². The number of benzene rings is 2. The van der Waals surface area contributed by atoms with E-state index in [-0.39, 0.29) is 5.78 Å². The van der Waals surface area contributed by atoms with Gasteiger partial charge in [-0.25, -0.2) is 4.79 Å². The number of carboxylic acid groups (broad SMARTS) is 1. The largest absolute Gasteiger partial charge is 0.478 e. The third-order valence-corrected chi connectivity index (χ3v) is 4.00. The predicted molar refractivity (Wildman–Crippen MR) is 96.3 cm³/mol. The molecule has 1 atom stereocenters. The van der Waals surface area contributed by atoms with Crippen LogP contribution >= 0.6 is 11.6 Å². The highest BCUT2D eigenvalue weighted by molar-refractivity contribution is 6.30. The molecule has 2 rings (SSSR count). The number of rotatable bonds is 6. The average Bonchev–Trinajstić information content (AvgIpc) is 2.54. The number of halogens is 1. The molecule has 2 aromatic carbocycles. The van der Waals surface area contributed by atoms with Crippen LogP contribution in [0.15, 0.2) is 42.5 Å². The van der Waals surface area contributed by atoms with E-state index in [1.54, 1.807) is 49.4 Å². The molecule has 5 nitrogen and oxygen atoms in total. The first kappa shape index (κ1) is 19.0. The maximum atomic E-state index is 12.6. The summed E-state index contributed by atoms with van der Waals surface area (Å²) in [5.74, 6) is -0.929. The van der Waals surface area contributed by atoms with Crippen molar-refractivity contribution in [3.05, 3.63) is 64.2 Å². The van der Waals surface area contributed by atoms with Gasteiger partial charge in [-0.3, -0.25) is 4.79 Å². The van der Waals surface area contributed by atoms with Crippen LogP contribution in [0.1, 0.15) is 48.3 Å². The molecule has 0 aliphatic heterocycles. The molecule has 25 heavy (non-hydrogen) atoms. The lowest BCUT2D eigenvalue weighted by atomic mass is 9.98. The van der Waals surface area contributed by atoms with Gasteiger partial charge < -0.3 is 15.6 Å². The molecule has 6 heteroatoms. The minimum atomic E-state index is -1.41. The number of nitrogens with two attached hydrogens (primary N) is 1. The third kappa shape index (κ3) is 4.38. The van der Waals surface area contributed by atoms with Crippen LogP contribution in [0.5, 0.6) is 5.75 Å². The van der Waals surface area contributed by atoms with E-state index in [1.807, 2.05) is 0 Å². The monoisotopic (exact) mass is 361 g/mol. The van der Waals surface area contributed by atoms with E-state index in [2.05, 4.69) is 0 Å². The number of ketones is 1. The van der Waals surface area contributed by atoms with Gasteiger partial charge in [-0.15, -0.1) is 0 Å². The highest BCUT2D eigenvalue weighted by Crippen LogP contribution is 2.29. The number of ether oxygens (including phenoxy) is 1. The Hall–Kier alpha value is -2.37.